The fourth-order valence-electron chi connectivity index (χ4n) is 1.82. The Morgan fingerprint density at radius 2 is 2.05 bits per heavy atom. The number of benzene rings is 1. The van der Waals surface area contributed by atoms with Crippen molar-refractivity contribution in [1.29, 1.82) is 0 Å². The molecule has 0 aliphatic carbocycles. The van der Waals surface area contributed by atoms with E-state index in [1.165, 1.54) is 6.07 Å². The number of aryl methyl sites for hydroxylation is 1. The summed E-state index contributed by atoms with van der Waals surface area (Å²) in [5.74, 6) is 1.08. The fourth-order valence-corrected chi connectivity index (χ4v) is 1.82. The highest BCUT2D eigenvalue weighted by atomic mass is 19.1. The number of aliphatic imine (C=N–C) groups is 1. The van der Waals surface area contributed by atoms with E-state index in [9.17, 15) is 4.39 Å². The van der Waals surface area contributed by atoms with E-state index in [1.807, 2.05) is 13.0 Å². The molecule has 0 saturated heterocycles. The van der Waals surface area contributed by atoms with Crippen LogP contribution in [0.2, 0.25) is 0 Å². The first kappa shape index (κ1) is 15.0. The van der Waals surface area contributed by atoms with Gasteiger partial charge in [-0.05, 0) is 12.5 Å². The van der Waals surface area contributed by atoms with E-state index in [1.54, 1.807) is 25.2 Å². The Bertz CT molecular complexity index is 609. The van der Waals surface area contributed by atoms with Crippen LogP contribution in [-0.2, 0) is 19.5 Å². The van der Waals surface area contributed by atoms with Gasteiger partial charge in [-0.15, -0.1) is 0 Å². The third-order valence-corrected chi connectivity index (χ3v) is 3.03. The minimum atomic E-state index is -0.233. The Kier molecular flexibility index (Phi) is 5.31. The number of aromatic nitrogens is 1. The highest BCUT2D eigenvalue weighted by molar-refractivity contribution is 5.79. The largest absolute Gasteiger partial charge is 0.359 e. The molecule has 0 amide bonds. The van der Waals surface area contributed by atoms with E-state index in [2.05, 4.69) is 20.8 Å². The van der Waals surface area contributed by atoms with Crippen LogP contribution in [-0.4, -0.2) is 18.2 Å². The van der Waals surface area contributed by atoms with Crippen molar-refractivity contribution in [2.24, 2.45) is 4.99 Å². The lowest BCUT2D eigenvalue weighted by Crippen LogP contribution is -2.36. The Hall–Kier alpha value is -2.37. The molecule has 0 spiro atoms. The van der Waals surface area contributed by atoms with Crippen molar-refractivity contribution in [2.75, 3.05) is 7.05 Å². The van der Waals surface area contributed by atoms with Crippen LogP contribution in [0.25, 0.3) is 0 Å². The molecule has 6 heteroatoms. The number of guanidine groups is 1. The van der Waals surface area contributed by atoms with Gasteiger partial charge < -0.3 is 15.2 Å². The molecule has 0 aliphatic rings. The average Bonchev–Trinajstić information content (AvgIpc) is 2.97. The third-order valence-electron chi connectivity index (χ3n) is 3.03. The van der Waals surface area contributed by atoms with Gasteiger partial charge in [-0.3, -0.25) is 4.99 Å². The van der Waals surface area contributed by atoms with E-state index in [0.717, 1.165) is 17.9 Å². The summed E-state index contributed by atoms with van der Waals surface area (Å²) in [6.07, 6.45) is 0.837. The lowest BCUT2D eigenvalue weighted by atomic mass is 10.2. The number of hydrogen-bond donors (Lipinski definition) is 2. The van der Waals surface area contributed by atoms with Crippen molar-refractivity contribution in [2.45, 2.75) is 26.4 Å². The predicted octanol–water partition coefficient (Wildman–Crippen LogP) is 2.24. The van der Waals surface area contributed by atoms with Gasteiger partial charge in [-0.1, -0.05) is 30.3 Å². The van der Waals surface area contributed by atoms with Gasteiger partial charge in [0, 0.05) is 25.2 Å². The lowest BCUT2D eigenvalue weighted by Gasteiger charge is -2.11. The maximum atomic E-state index is 13.5. The molecular weight excluding hydrogens is 271 g/mol. The average molecular weight is 290 g/mol. The molecule has 0 saturated carbocycles. The molecule has 2 rings (SSSR count). The van der Waals surface area contributed by atoms with Crippen LogP contribution >= 0.6 is 0 Å². The molecule has 0 radical (unpaired) electrons. The summed E-state index contributed by atoms with van der Waals surface area (Å²) in [7, 11) is 1.66. The first-order chi connectivity index (χ1) is 10.2. The molecule has 2 N–H and O–H groups in total. The van der Waals surface area contributed by atoms with E-state index in [-0.39, 0.29) is 5.82 Å². The topological polar surface area (TPSA) is 62.5 Å². The molecule has 1 aromatic carbocycles. The van der Waals surface area contributed by atoms with Crippen LogP contribution in [0, 0.1) is 5.82 Å². The number of halogens is 1. The van der Waals surface area contributed by atoms with Crippen molar-refractivity contribution >= 4 is 5.96 Å². The normalized spacial score (nSPS) is 11.5. The smallest absolute Gasteiger partial charge is 0.191 e. The first-order valence-electron chi connectivity index (χ1n) is 6.85. The molecule has 21 heavy (non-hydrogen) atoms. The summed E-state index contributed by atoms with van der Waals surface area (Å²) in [6, 6.07) is 8.54. The van der Waals surface area contributed by atoms with Gasteiger partial charge in [0.2, 0.25) is 0 Å². The second kappa shape index (κ2) is 7.42. The highest BCUT2D eigenvalue weighted by Crippen LogP contribution is 2.06. The zero-order valence-electron chi connectivity index (χ0n) is 12.2. The number of hydrogen-bond acceptors (Lipinski definition) is 3. The Morgan fingerprint density at radius 1 is 1.29 bits per heavy atom. The lowest BCUT2D eigenvalue weighted by molar-refractivity contribution is 0.374. The van der Waals surface area contributed by atoms with E-state index < -0.39 is 0 Å². The monoisotopic (exact) mass is 290 g/mol. The van der Waals surface area contributed by atoms with Crippen LogP contribution < -0.4 is 10.6 Å². The van der Waals surface area contributed by atoms with Crippen LogP contribution in [0.4, 0.5) is 4.39 Å². The van der Waals surface area contributed by atoms with E-state index >= 15 is 0 Å². The number of rotatable bonds is 5. The van der Waals surface area contributed by atoms with Crippen molar-refractivity contribution in [1.82, 2.24) is 15.8 Å². The predicted molar refractivity (Wildman–Crippen MR) is 79.3 cm³/mol. The number of nitrogens with one attached hydrogen (secondary N) is 2. The van der Waals surface area contributed by atoms with E-state index in [0.29, 0.717) is 24.6 Å². The Balaban J connectivity index is 1.85. The zero-order chi connectivity index (χ0) is 15.1. The molecule has 112 valence electrons. The Morgan fingerprint density at radius 3 is 2.71 bits per heavy atom. The highest BCUT2D eigenvalue weighted by Gasteiger charge is 2.05. The second-order valence-corrected chi connectivity index (χ2v) is 4.51. The van der Waals surface area contributed by atoms with E-state index in [4.69, 9.17) is 4.52 Å². The zero-order valence-corrected chi connectivity index (χ0v) is 12.2. The molecule has 0 atom stereocenters. The molecule has 2 aromatic rings. The molecular formula is C15H19FN4O. The van der Waals surface area contributed by atoms with Gasteiger partial charge >= 0.3 is 0 Å². The fraction of sp³-hybridized carbons (Fsp3) is 0.333. The third kappa shape index (κ3) is 4.30. The van der Waals surface area contributed by atoms with Gasteiger partial charge in [0.05, 0.1) is 12.2 Å². The van der Waals surface area contributed by atoms with Crippen LogP contribution in [0.15, 0.2) is 39.8 Å². The van der Waals surface area contributed by atoms with Gasteiger partial charge in [-0.25, -0.2) is 4.39 Å². The first-order valence-corrected chi connectivity index (χ1v) is 6.85. The summed E-state index contributed by atoms with van der Waals surface area (Å²) < 4.78 is 18.7. The molecule has 5 nitrogen and oxygen atoms in total. The molecule has 0 bridgehead atoms. The summed E-state index contributed by atoms with van der Waals surface area (Å²) in [4.78, 5) is 4.08. The van der Waals surface area contributed by atoms with Crippen LogP contribution in [0.5, 0.6) is 0 Å². The summed E-state index contributed by atoms with van der Waals surface area (Å²) in [6.45, 7) is 2.86. The minimum absolute atomic E-state index is 0.233. The van der Waals surface area contributed by atoms with Crippen LogP contribution in [0.3, 0.4) is 0 Å². The maximum Gasteiger partial charge on any atom is 0.191 e. The van der Waals surface area contributed by atoms with Gasteiger partial charge in [0.15, 0.2) is 11.7 Å². The molecule has 0 unspecified atom stereocenters. The summed E-state index contributed by atoms with van der Waals surface area (Å²) >= 11 is 0. The molecule has 0 fully saturated rings. The maximum absolute atomic E-state index is 13.5. The minimum Gasteiger partial charge on any atom is -0.359 e. The SMILES string of the molecule is CCc1cc(CNC(=NC)NCc2ccccc2F)on1. The van der Waals surface area contributed by atoms with Crippen molar-refractivity contribution in [3.05, 3.63) is 53.2 Å². The number of nitrogens with zero attached hydrogens (tertiary/aromatic N) is 2. The summed E-state index contributed by atoms with van der Waals surface area (Å²) in [5, 5.41) is 10.1. The molecule has 1 heterocycles. The van der Waals surface area contributed by atoms with Crippen LogP contribution in [0.1, 0.15) is 23.9 Å². The molecule has 1 aromatic heterocycles. The standard InChI is InChI=1S/C15H19FN4O/c1-3-12-8-13(21-20-12)10-19-15(17-2)18-9-11-6-4-5-7-14(11)16/h4-8H,3,9-10H2,1-2H3,(H2,17,18,19). The summed E-state index contributed by atoms with van der Waals surface area (Å²) in [5.41, 5.74) is 1.51. The quantitative estimate of drug-likeness (QED) is 0.655. The van der Waals surface area contributed by atoms with Crippen molar-refractivity contribution < 1.29 is 8.91 Å². The van der Waals surface area contributed by atoms with Crippen molar-refractivity contribution in [3.8, 4) is 0 Å². The molecule has 0 aliphatic heterocycles. The van der Waals surface area contributed by atoms with Gasteiger partial charge in [0.1, 0.15) is 5.82 Å². The van der Waals surface area contributed by atoms with Crippen molar-refractivity contribution in [3.63, 3.8) is 0 Å². The Labute approximate surface area is 123 Å². The van der Waals surface area contributed by atoms with Gasteiger partial charge in [-0.2, -0.15) is 0 Å². The second-order valence-electron chi connectivity index (χ2n) is 4.51. The van der Waals surface area contributed by atoms with Gasteiger partial charge in [0.25, 0.3) is 0 Å².